The van der Waals surface area contributed by atoms with Crippen molar-refractivity contribution in [2.75, 3.05) is 0 Å². The van der Waals surface area contributed by atoms with Crippen molar-refractivity contribution in [2.45, 2.75) is 75.1 Å². The number of sulfonamides is 1. The van der Waals surface area contributed by atoms with Gasteiger partial charge >= 0.3 is 6.18 Å². The predicted octanol–water partition coefficient (Wildman–Crippen LogP) is 3.86. The highest BCUT2D eigenvalue weighted by atomic mass is 32.2. The molecule has 12 heteroatoms. The summed E-state index contributed by atoms with van der Waals surface area (Å²) in [5, 5.41) is -0.240. The lowest BCUT2D eigenvalue weighted by Gasteiger charge is -2.37. The first-order valence-corrected chi connectivity index (χ1v) is 12.4. The van der Waals surface area contributed by atoms with E-state index >= 15 is 0 Å². The van der Waals surface area contributed by atoms with Crippen LogP contribution in [0.1, 0.15) is 49.8 Å². The van der Waals surface area contributed by atoms with Crippen molar-refractivity contribution in [1.82, 2.24) is 19.3 Å². The van der Waals surface area contributed by atoms with Crippen LogP contribution in [0.2, 0.25) is 0 Å². The van der Waals surface area contributed by atoms with Crippen LogP contribution in [0.3, 0.4) is 0 Å². The van der Waals surface area contributed by atoms with Crippen LogP contribution in [0.5, 0.6) is 17.5 Å². The number of fused-ring (bicyclic) bond motifs is 2. The van der Waals surface area contributed by atoms with E-state index < -0.39 is 27.6 Å². The molecule has 2 aromatic heterocycles. The molecule has 2 aliphatic heterocycles. The van der Waals surface area contributed by atoms with E-state index in [-0.39, 0.29) is 35.2 Å². The summed E-state index contributed by atoms with van der Waals surface area (Å²) in [6.07, 6.45) is 1.44. The van der Waals surface area contributed by atoms with Gasteiger partial charge in [-0.2, -0.15) is 17.5 Å². The molecule has 178 valence electrons. The van der Waals surface area contributed by atoms with Gasteiger partial charge in [-0.15, -0.1) is 0 Å². The molecule has 3 atom stereocenters. The summed E-state index contributed by atoms with van der Waals surface area (Å²) >= 11 is 0. The van der Waals surface area contributed by atoms with Crippen LogP contribution < -0.4 is 9.47 Å². The van der Waals surface area contributed by atoms with Gasteiger partial charge < -0.3 is 9.47 Å². The Morgan fingerprint density at radius 1 is 1.03 bits per heavy atom. The number of hydrogen-bond acceptors (Lipinski definition) is 7. The topological polar surface area (TPSA) is 94.5 Å². The number of ether oxygens (including phenoxy) is 2. The number of halogens is 3. The quantitative estimate of drug-likeness (QED) is 0.615. The first-order chi connectivity index (χ1) is 15.6. The van der Waals surface area contributed by atoms with Crippen molar-refractivity contribution >= 4 is 10.0 Å². The lowest BCUT2D eigenvalue weighted by Crippen LogP contribution is -2.50. The van der Waals surface area contributed by atoms with E-state index in [1.807, 2.05) is 0 Å². The highest BCUT2D eigenvalue weighted by Crippen LogP contribution is 2.44. The number of alkyl halides is 3. The van der Waals surface area contributed by atoms with Crippen LogP contribution in [-0.4, -0.2) is 51.1 Å². The Labute approximate surface area is 189 Å². The molecule has 1 unspecified atom stereocenters. The molecule has 2 bridgehead atoms. The molecule has 2 saturated heterocycles. The second-order valence-electron chi connectivity index (χ2n) is 8.73. The van der Waals surface area contributed by atoms with E-state index in [1.165, 1.54) is 18.5 Å². The van der Waals surface area contributed by atoms with Gasteiger partial charge in [0.05, 0.1) is 10.8 Å². The van der Waals surface area contributed by atoms with Crippen molar-refractivity contribution in [3.8, 4) is 17.5 Å². The number of rotatable bonds is 6. The van der Waals surface area contributed by atoms with Gasteiger partial charge in [0.15, 0.2) is 11.4 Å². The third kappa shape index (κ3) is 4.25. The summed E-state index contributed by atoms with van der Waals surface area (Å²) in [5.41, 5.74) is -0.791. The molecular weight excluding hydrogens is 461 g/mol. The molecule has 1 aliphatic carbocycles. The van der Waals surface area contributed by atoms with Gasteiger partial charge in [-0.25, -0.2) is 23.4 Å². The average Bonchev–Trinajstić information content (AvgIpc) is 3.57. The van der Waals surface area contributed by atoms with Crippen molar-refractivity contribution in [1.29, 1.82) is 0 Å². The Balaban J connectivity index is 1.32. The normalized spacial score (nSPS) is 25.8. The molecule has 3 fully saturated rings. The highest BCUT2D eigenvalue weighted by molar-refractivity contribution is 7.90. The Morgan fingerprint density at radius 2 is 1.70 bits per heavy atom. The van der Waals surface area contributed by atoms with Gasteiger partial charge in [-0.1, -0.05) is 0 Å². The molecule has 1 saturated carbocycles. The van der Waals surface area contributed by atoms with Crippen LogP contribution in [0.15, 0.2) is 24.7 Å². The Kier molecular flexibility index (Phi) is 5.47. The molecule has 0 amide bonds. The highest BCUT2D eigenvalue weighted by Gasteiger charge is 2.52. The van der Waals surface area contributed by atoms with E-state index in [4.69, 9.17) is 9.47 Å². The number of aromatic nitrogens is 3. The maximum absolute atomic E-state index is 13.2. The fourth-order valence-corrected chi connectivity index (χ4v) is 7.01. The summed E-state index contributed by atoms with van der Waals surface area (Å²) in [7, 11) is -3.25. The van der Waals surface area contributed by atoms with E-state index in [9.17, 15) is 21.6 Å². The number of nitrogens with zero attached hydrogens (tertiary/aromatic N) is 4. The molecule has 3 aliphatic rings. The molecule has 0 N–H and O–H groups in total. The first-order valence-electron chi connectivity index (χ1n) is 10.8. The van der Waals surface area contributed by atoms with Crippen LogP contribution in [0, 0.1) is 6.92 Å². The van der Waals surface area contributed by atoms with Gasteiger partial charge in [0.25, 0.3) is 0 Å². The predicted molar refractivity (Wildman–Crippen MR) is 110 cm³/mol. The molecule has 33 heavy (non-hydrogen) atoms. The fraction of sp³-hybridized carbons (Fsp3) is 0.571. The third-order valence-electron chi connectivity index (χ3n) is 6.38. The third-order valence-corrected chi connectivity index (χ3v) is 8.88. The largest absolute Gasteiger partial charge is 0.474 e. The molecule has 8 nitrogen and oxygen atoms in total. The van der Waals surface area contributed by atoms with Crippen LogP contribution in [-0.2, 0) is 16.2 Å². The molecular formula is C21H23F3N4O4S. The minimum absolute atomic E-state index is 0.0600. The van der Waals surface area contributed by atoms with E-state index in [0.29, 0.717) is 18.4 Å². The second-order valence-corrected chi connectivity index (χ2v) is 10.8. The van der Waals surface area contributed by atoms with Gasteiger partial charge in [0.1, 0.15) is 12.4 Å². The molecule has 2 aromatic rings. The molecule has 0 radical (unpaired) electrons. The zero-order valence-corrected chi connectivity index (χ0v) is 18.6. The summed E-state index contributed by atoms with van der Waals surface area (Å²) in [6.45, 7) is 1.61. The van der Waals surface area contributed by atoms with Crippen LogP contribution in [0.4, 0.5) is 13.2 Å². The van der Waals surface area contributed by atoms with Gasteiger partial charge in [0.2, 0.25) is 21.8 Å². The van der Waals surface area contributed by atoms with Gasteiger partial charge in [-0.05, 0) is 44.7 Å². The Hall–Kier alpha value is -2.47. The standard InChI is InChI=1S/C21H23F3N4O4S/c1-12-19(26-11-27-20(12)32-17-3-2-8-25-18(17)21(22,23)24)31-15-9-13-4-5-14(10-15)28(13)33(29,30)16-6-7-16/h2-3,8,11,13-16H,4-7,9-10H2,1H3/t13-,14+,15?. The summed E-state index contributed by atoms with van der Waals surface area (Å²) in [6, 6.07) is 2.33. The molecule has 4 heterocycles. The van der Waals surface area contributed by atoms with Gasteiger partial charge in [0, 0.05) is 31.1 Å². The zero-order chi connectivity index (χ0) is 23.4. The van der Waals surface area contributed by atoms with E-state index in [1.54, 1.807) is 11.2 Å². The van der Waals surface area contributed by atoms with Crippen molar-refractivity contribution in [3.05, 3.63) is 35.9 Å². The second kappa shape index (κ2) is 8.08. The van der Waals surface area contributed by atoms with Crippen molar-refractivity contribution in [2.24, 2.45) is 0 Å². The van der Waals surface area contributed by atoms with E-state index in [2.05, 4.69) is 15.0 Å². The van der Waals surface area contributed by atoms with Crippen LogP contribution in [0.25, 0.3) is 0 Å². The summed E-state index contributed by atoms with van der Waals surface area (Å²) in [4.78, 5) is 11.5. The number of pyridine rings is 1. The Bertz CT molecular complexity index is 1140. The lowest BCUT2D eigenvalue weighted by atomic mass is 10.0. The van der Waals surface area contributed by atoms with Crippen molar-refractivity contribution < 1.29 is 31.1 Å². The van der Waals surface area contributed by atoms with Gasteiger partial charge in [-0.3, -0.25) is 0 Å². The Morgan fingerprint density at radius 3 is 2.33 bits per heavy atom. The molecule has 5 rings (SSSR count). The SMILES string of the molecule is Cc1c(Oc2cccnc2C(F)(F)F)ncnc1OC1C[C@H]2CC[C@@H](C1)N2S(=O)(=O)C1CC1. The maximum Gasteiger partial charge on any atom is 0.437 e. The monoisotopic (exact) mass is 484 g/mol. The first kappa shape index (κ1) is 22.3. The average molecular weight is 485 g/mol. The number of piperidine rings is 1. The number of hydrogen-bond donors (Lipinski definition) is 0. The van der Waals surface area contributed by atoms with E-state index in [0.717, 1.165) is 31.9 Å². The summed E-state index contributed by atoms with van der Waals surface area (Å²) in [5.74, 6) is -0.315. The molecule has 0 aromatic carbocycles. The maximum atomic E-state index is 13.2. The minimum atomic E-state index is -4.68. The minimum Gasteiger partial charge on any atom is -0.474 e. The van der Waals surface area contributed by atoms with Crippen LogP contribution >= 0.6 is 0 Å². The fourth-order valence-electron chi connectivity index (χ4n) is 4.72. The lowest BCUT2D eigenvalue weighted by molar-refractivity contribution is -0.142. The molecule has 0 spiro atoms. The smallest absolute Gasteiger partial charge is 0.437 e. The summed E-state index contributed by atoms with van der Waals surface area (Å²) < 4.78 is 78.6. The van der Waals surface area contributed by atoms with Crippen molar-refractivity contribution in [3.63, 3.8) is 0 Å². The zero-order valence-electron chi connectivity index (χ0n) is 17.8.